The summed E-state index contributed by atoms with van der Waals surface area (Å²) in [7, 11) is -1.42. The van der Waals surface area contributed by atoms with Crippen LogP contribution in [0.15, 0.2) is 58.2 Å². The fourth-order valence-electron chi connectivity index (χ4n) is 4.09. The van der Waals surface area contributed by atoms with E-state index in [0.717, 1.165) is 5.56 Å². The molecule has 1 aliphatic rings. The van der Waals surface area contributed by atoms with Crippen molar-refractivity contribution in [1.29, 1.82) is 0 Å². The third kappa shape index (κ3) is 5.08. The van der Waals surface area contributed by atoms with Crippen LogP contribution in [0.3, 0.4) is 0 Å². The number of rotatable bonds is 7. The number of hydrogen-bond acceptors (Lipinski definition) is 7. The highest BCUT2D eigenvalue weighted by atomic mass is 32.2. The molecule has 1 saturated carbocycles. The summed E-state index contributed by atoms with van der Waals surface area (Å²) in [6.45, 7) is 0.449. The predicted molar refractivity (Wildman–Crippen MR) is 130 cm³/mol. The Kier molecular flexibility index (Phi) is 6.25. The van der Waals surface area contributed by atoms with Gasteiger partial charge in [0.25, 0.3) is 15.9 Å². The molecule has 0 radical (unpaired) electrons. The predicted octanol–water partition coefficient (Wildman–Crippen LogP) is 4.29. The van der Waals surface area contributed by atoms with Gasteiger partial charge < -0.3 is 14.0 Å². The number of ether oxygens (including phenoxy) is 2. The molecular formula is C25H22F2N4O5S. The van der Waals surface area contributed by atoms with Crippen LogP contribution in [0, 0.1) is 17.8 Å². The van der Waals surface area contributed by atoms with Crippen molar-refractivity contribution in [2.24, 2.45) is 5.92 Å². The molecule has 2 aromatic heterocycles. The zero-order valence-corrected chi connectivity index (χ0v) is 20.7. The van der Waals surface area contributed by atoms with Crippen LogP contribution in [0.4, 0.5) is 14.6 Å². The van der Waals surface area contributed by atoms with Crippen LogP contribution in [0.1, 0.15) is 24.0 Å². The van der Waals surface area contributed by atoms with Crippen molar-refractivity contribution in [2.75, 3.05) is 18.9 Å². The number of nitrogens with zero attached hydrogens (tertiary/aromatic N) is 3. The number of alkyl halides is 2. The highest BCUT2D eigenvalue weighted by molar-refractivity contribution is 7.92. The lowest BCUT2D eigenvalue weighted by molar-refractivity contribution is -0.0936. The maximum absolute atomic E-state index is 13.4. The highest BCUT2D eigenvalue weighted by Gasteiger charge is 2.44. The number of sulfonamides is 1. The molecule has 9 nitrogen and oxygen atoms in total. The van der Waals surface area contributed by atoms with Gasteiger partial charge >= 0.3 is 0 Å². The molecule has 1 aliphatic carbocycles. The third-order valence-electron chi connectivity index (χ3n) is 5.92. The number of nitrogens with one attached hydrogen (secondary N) is 1. The van der Waals surface area contributed by atoms with Crippen LogP contribution in [0.2, 0.25) is 0 Å². The first-order valence-electron chi connectivity index (χ1n) is 11.2. The van der Waals surface area contributed by atoms with E-state index in [0.29, 0.717) is 28.8 Å². The van der Waals surface area contributed by atoms with Crippen LogP contribution in [-0.4, -0.2) is 43.5 Å². The second-order valence-corrected chi connectivity index (χ2v) is 10.3. The maximum Gasteiger partial charge on any atom is 0.266 e. The highest BCUT2D eigenvalue weighted by Crippen LogP contribution is 2.42. The normalized spacial score (nSPS) is 15.0. The molecule has 0 bridgehead atoms. The summed E-state index contributed by atoms with van der Waals surface area (Å²) >= 11 is 0. The number of methoxy groups -OCH3 is 2. The zero-order chi connectivity index (χ0) is 26.2. The molecule has 4 aromatic rings. The Morgan fingerprint density at radius 2 is 1.97 bits per heavy atom. The molecule has 0 spiro atoms. The topological polar surface area (TPSA) is 108 Å². The van der Waals surface area contributed by atoms with Crippen molar-refractivity contribution in [3.8, 4) is 23.3 Å². The largest absolute Gasteiger partial charge is 0.496 e. The van der Waals surface area contributed by atoms with Crippen molar-refractivity contribution >= 4 is 26.8 Å². The van der Waals surface area contributed by atoms with E-state index in [2.05, 4.69) is 26.8 Å². The molecular weight excluding hydrogens is 506 g/mol. The van der Waals surface area contributed by atoms with Gasteiger partial charge in [0.05, 0.1) is 20.8 Å². The number of halogens is 2. The first-order chi connectivity index (χ1) is 17.7. The third-order valence-corrected chi connectivity index (χ3v) is 7.28. The summed E-state index contributed by atoms with van der Waals surface area (Å²) in [4.78, 5) is -0.189. The summed E-state index contributed by atoms with van der Waals surface area (Å²) in [5.74, 6) is 2.83. The van der Waals surface area contributed by atoms with Crippen molar-refractivity contribution in [2.45, 2.75) is 30.2 Å². The monoisotopic (exact) mass is 528 g/mol. The summed E-state index contributed by atoms with van der Waals surface area (Å²) in [6.07, 6.45) is 2.88. The van der Waals surface area contributed by atoms with Gasteiger partial charge in [0.1, 0.15) is 21.8 Å². The molecule has 0 atom stereocenters. The molecule has 0 aliphatic heterocycles. The van der Waals surface area contributed by atoms with Crippen LogP contribution < -0.4 is 14.2 Å². The van der Waals surface area contributed by atoms with Gasteiger partial charge in [-0.2, -0.15) is 5.10 Å². The average molecular weight is 529 g/mol. The number of aromatic nitrogens is 3. The van der Waals surface area contributed by atoms with Gasteiger partial charge in [0.15, 0.2) is 11.4 Å². The fraction of sp³-hybridized carbons (Fsp3) is 0.280. The van der Waals surface area contributed by atoms with Gasteiger partial charge in [-0.25, -0.2) is 17.2 Å². The molecule has 192 valence electrons. The van der Waals surface area contributed by atoms with Gasteiger partial charge in [-0.1, -0.05) is 17.0 Å². The van der Waals surface area contributed by atoms with E-state index in [1.807, 2.05) is 6.20 Å². The smallest absolute Gasteiger partial charge is 0.266 e. The van der Waals surface area contributed by atoms with E-state index in [4.69, 9.17) is 14.0 Å². The average Bonchev–Trinajstić information content (AvgIpc) is 3.50. The summed E-state index contributed by atoms with van der Waals surface area (Å²) in [5.41, 5.74) is 1.49. The van der Waals surface area contributed by atoms with Crippen molar-refractivity contribution in [3.05, 3.63) is 59.9 Å². The quantitative estimate of drug-likeness (QED) is 0.357. The lowest BCUT2D eigenvalue weighted by atomic mass is 9.82. The van der Waals surface area contributed by atoms with Crippen molar-refractivity contribution < 1.29 is 31.2 Å². The van der Waals surface area contributed by atoms with Crippen molar-refractivity contribution in [1.82, 2.24) is 14.9 Å². The Balaban J connectivity index is 1.45. The molecule has 0 unspecified atom stereocenters. The van der Waals surface area contributed by atoms with E-state index in [-0.39, 0.29) is 29.3 Å². The molecule has 0 saturated heterocycles. The van der Waals surface area contributed by atoms with E-state index < -0.39 is 21.9 Å². The van der Waals surface area contributed by atoms with E-state index in [9.17, 15) is 17.2 Å². The Bertz CT molecular complexity index is 1610. The molecule has 37 heavy (non-hydrogen) atoms. The molecule has 1 N–H and O–H groups in total. The Morgan fingerprint density at radius 3 is 2.65 bits per heavy atom. The van der Waals surface area contributed by atoms with E-state index in [1.165, 1.54) is 26.4 Å². The Hall–Kier alpha value is -4.11. The van der Waals surface area contributed by atoms with Crippen LogP contribution in [-0.2, 0) is 16.6 Å². The molecule has 5 rings (SSSR count). The van der Waals surface area contributed by atoms with Gasteiger partial charge in [0.2, 0.25) is 0 Å². The lowest BCUT2D eigenvalue weighted by Gasteiger charge is -2.31. The number of anilines is 1. The van der Waals surface area contributed by atoms with Gasteiger partial charge in [0, 0.05) is 36.7 Å². The molecule has 1 fully saturated rings. The number of fused-ring (bicyclic) bond motifs is 1. The second kappa shape index (κ2) is 9.40. The van der Waals surface area contributed by atoms with Crippen LogP contribution in [0.25, 0.3) is 11.0 Å². The molecule has 2 heterocycles. The molecule has 0 amide bonds. The molecule has 12 heteroatoms. The maximum atomic E-state index is 13.4. The van der Waals surface area contributed by atoms with E-state index in [1.54, 1.807) is 35.1 Å². The van der Waals surface area contributed by atoms with E-state index >= 15 is 0 Å². The second-order valence-electron chi connectivity index (χ2n) is 8.61. The minimum Gasteiger partial charge on any atom is -0.496 e. The zero-order valence-electron chi connectivity index (χ0n) is 19.9. The Labute approximate surface area is 211 Å². The van der Waals surface area contributed by atoms with Crippen LogP contribution in [0.5, 0.6) is 11.5 Å². The van der Waals surface area contributed by atoms with Gasteiger partial charge in [-0.05, 0) is 42.0 Å². The first-order valence-corrected chi connectivity index (χ1v) is 12.7. The summed E-state index contributed by atoms with van der Waals surface area (Å²) in [5, 5.41) is 8.44. The fourth-order valence-corrected chi connectivity index (χ4v) is 5.29. The number of hydrogen-bond donors (Lipinski definition) is 1. The van der Waals surface area contributed by atoms with Gasteiger partial charge in [-0.15, -0.1) is 0 Å². The Morgan fingerprint density at radius 1 is 1.19 bits per heavy atom. The minimum absolute atomic E-state index is 0.0623. The molecule has 2 aromatic carbocycles. The number of benzene rings is 2. The van der Waals surface area contributed by atoms with Crippen LogP contribution >= 0.6 is 0 Å². The summed E-state index contributed by atoms with van der Waals surface area (Å²) in [6, 6.07) is 9.63. The lowest BCUT2D eigenvalue weighted by Crippen LogP contribution is -2.34. The standard InChI is InChI=1S/C25H22F2N4O5S/c1-34-19-7-6-16(4-5-17-13-25(26,27)14-17)12-22(19)37(32,33)30-24-23-20(35-2)10-18(11-21(23)36-29-24)15-31-9-3-8-28-31/h3,6-12,17H,13-15H2,1-2H3,(H,29,30). The SMILES string of the molecule is COc1ccc(C#CC2CC(F)(F)C2)cc1S(=O)(=O)Nc1noc2cc(Cn3cccn3)cc(OC)c12. The van der Waals surface area contributed by atoms with Gasteiger partial charge in [-0.3, -0.25) is 9.40 Å². The minimum atomic E-state index is -4.22. The first kappa shape index (κ1) is 24.6. The summed E-state index contributed by atoms with van der Waals surface area (Å²) < 4.78 is 73.2. The van der Waals surface area contributed by atoms with Crippen molar-refractivity contribution in [3.63, 3.8) is 0 Å².